The lowest BCUT2D eigenvalue weighted by molar-refractivity contribution is 0.139. The molecule has 1 fully saturated rings. The van der Waals surface area contributed by atoms with Gasteiger partial charge in [-0.2, -0.15) is 0 Å². The van der Waals surface area contributed by atoms with E-state index in [0.29, 0.717) is 11.5 Å². The Kier molecular flexibility index (Phi) is 5.13. The SMILES string of the molecule is CC(C)(C)C1CCC(C(N)Cc2cc(Br)cs2)CC1. The van der Waals surface area contributed by atoms with Crippen molar-refractivity contribution >= 4 is 27.3 Å². The predicted octanol–water partition coefficient (Wildman–Crippen LogP) is 5.23. The molecular weight excluding hydrogens is 318 g/mol. The Morgan fingerprint density at radius 3 is 2.42 bits per heavy atom. The van der Waals surface area contributed by atoms with Gasteiger partial charge >= 0.3 is 0 Å². The van der Waals surface area contributed by atoms with E-state index in [-0.39, 0.29) is 0 Å². The first-order valence-corrected chi connectivity index (χ1v) is 9.02. The number of thiophene rings is 1. The molecule has 0 radical (unpaired) electrons. The molecule has 3 heteroatoms. The van der Waals surface area contributed by atoms with Crippen LogP contribution in [0.4, 0.5) is 0 Å². The maximum atomic E-state index is 6.44. The van der Waals surface area contributed by atoms with Crippen molar-refractivity contribution in [1.29, 1.82) is 0 Å². The number of hydrogen-bond donors (Lipinski definition) is 1. The lowest BCUT2D eigenvalue weighted by Gasteiger charge is -2.38. The normalized spacial score (nSPS) is 26.4. The summed E-state index contributed by atoms with van der Waals surface area (Å²) >= 11 is 5.34. The summed E-state index contributed by atoms with van der Waals surface area (Å²) in [6.07, 6.45) is 6.39. The summed E-state index contributed by atoms with van der Waals surface area (Å²) < 4.78 is 1.19. The Balaban J connectivity index is 1.84. The van der Waals surface area contributed by atoms with Crippen LogP contribution < -0.4 is 5.73 Å². The molecule has 1 aliphatic rings. The van der Waals surface area contributed by atoms with E-state index in [2.05, 4.69) is 48.1 Å². The molecule has 0 spiro atoms. The molecule has 0 saturated heterocycles. The monoisotopic (exact) mass is 343 g/mol. The van der Waals surface area contributed by atoms with Gasteiger partial charge in [0.25, 0.3) is 0 Å². The lowest BCUT2D eigenvalue weighted by atomic mass is 9.68. The van der Waals surface area contributed by atoms with Crippen LogP contribution in [0, 0.1) is 17.3 Å². The van der Waals surface area contributed by atoms with Crippen LogP contribution in [0.3, 0.4) is 0 Å². The molecule has 1 aliphatic carbocycles. The Labute approximate surface area is 130 Å². The highest BCUT2D eigenvalue weighted by molar-refractivity contribution is 9.10. The fraction of sp³-hybridized carbons (Fsp3) is 0.750. The molecule has 2 rings (SSSR count). The molecule has 0 amide bonds. The molecule has 1 aromatic heterocycles. The van der Waals surface area contributed by atoms with Crippen molar-refractivity contribution in [3.8, 4) is 0 Å². The first-order chi connectivity index (χ1) is 8.86. The van der Waals surface area contributed by atoms with Crippen LogP contribution in [-0.4, -0.2) is 6.04 Å². The van der Waals surface area contributed by atoms with Gasteiger partial charge in [-0.05, 0) is 71.4 Å². The van der Waals surface area contributed by atoms with Crippen molar-refractivity contribution in [3.63, 3.8) is 0 Å². The van der Waals surface area contributed by atoms with Gasteiger partial charge in [-0.25, -0.2) is 0 Å². The van der Waals surface area contributed by atoms with Crippen molar-refractivity contribution in [2.75, 3.05) is 0 Å². The van der Waals surface area contributed by atoms with Gasteiger partial charge < -0.3 is 5.73 Å². The smallest absolute Gasteiger partial charge is 0.0285 e. The van der Waals surface area contributed by atoms with E-state index >= 15 is 0 Å². The van der Waals surface area contributed by atoms with Crippen LogP contribution in [0.25, 0.3) is 0 Å². The fourth-order valence-electron chi connectivity index (χ4n) is 3.27. The van der Waals surface area contributed by atoms with Crippen molar-refractivity contribution in [2.45, 2.75) is 58.9 Å². The number of halogens is 1. The third-order valence-electron chi connectivity index (χ3n) is 4.66. The molecule has 0 bridgehead atoms. The molecule has 0 aliphatic heterocycles. The quantitative estimate of drug-likeness (QED) is 0.798. The zero-order valence-electron chi connectivity index (χ0n) is 12.3. The first kappa shape index (κ1) is 15.5. The van der Waals surface area contributed by atoms with Gasteiger partial charge in [0, 0.05) is 20.8 Å². The van der Waals surface area contributed by atoms with E-state index < -0.39 is 0 Å². The summed E-state index contributed by atoms with van der Waals surface area (Å²) in [5.74, 6) is 1.60. The number of nitrogens with two attached hydrogens (primary N) is 1. The van der Waals surface area contributed by atoms with Crippen molar-refractivity contribution in [3.05, 3.63) is 20.8 Å². The van der Waals surface area contributed by atoms with E-state index in [4.69, 9.17) is 5.73 Å². The zero-order chi connectivity index (χ0) is 14.0. The number of hydrogen-bond acceptors (Lipinski definition) is 2. The van der Waals surface area contributed by atoms with E-state index in [9.17, 15) is 0 Å². The summed E-state index contributed by atoms with van der Waals surface area (Å²) in [5, 5.41) is 2.15. The van der Waals surface area contributed by atoms with Gasteiger partial charge in [-0.3, -0.25) is 0 Å². The average molecular weight is 344 g/mol. The average Bonchev–Trinajstić information content (AvgIpc) is 2.74. The molecule has 2 N–H and O–H groups in total. The second kappa shape index (κ2) is 6.28. The van der Waals surface area contributed by atoms with Gasteiger partial charge in [0.1, 0.15) is 0 Å². The second-order valence-corrected chi connectivity index (χ2v) is 8.99. The van der Waals surface area contributed by atoms with E-state index in [0.717, 1.165) is 18.3 Å². The van der Waals surface area contributed by atoms with Gasteiger partial charge in [-0.1, -0.05) is 20.8 Å². The van der Waals surface area contributed by atoms with Crippen LogP contribution in [0.5, 0.6) is 0 Å². The zero-order valence-corrected chi connectivity index (χ0v) is 14.7. The molecule has 108 valence electrons. The molecule has 19 heavy (non-hydrogen) atoms. The molecule has 1 saturated carbocycles. The molecule has 1 aromatic rings. The molecule has 1 atom stereocenters. The standard InChI is InChI=1S/C16H26BrNS/c1-16(2,3)12-6-4-11(5-7-12)15(18)9-14-8-13(17)10-19-14/h8,10-12,15H,4-7,9,18H2,1-3H3. The van der Waals surface area contributed by atoms with Crippen LogP contribution in [-0.2, 0) is 6.42 Å². The third-order valence-corrected chi connectivity index (χ3v) is 6.38. The minimum atomic E-state index is 0.339. The van der Waals surface area contributed by atoms with Crippen LogP contribution in [0.2, 0.25) is 0 Å². The van der Waals surface area contributed by atoms with Crippen LogP contribution in [0.15, 0.2) is 15.9 Å². The predicted molar refractivity (Wildman–Crippen MR) is 88.6 cm³/mol. The van der Waals surface area contributed by atoms with Crippen molar-refractivity contribution in [1.82, 2.24) is 0 Å². The minimum absolute atomic E-state index is 0.339. The topological polar surface area (TPSA) is 26.0 Å². The van der Waals surface area contributed by atoms with Crippen LogP contribution >= 0.6 is 27.3 Å². The number of rotatable bonds is 3. The maximum Gasteiger partial charge on any atom is 0.0285 e. The Bertz CT molecular complexity index is 399. The Hall–Kier alpha value is 0.140. The Morgan fingerprint density at radius 1 is 1.32 bits per heavy atom. The largest absolute Gasteiger partial charge is 0.327 e. The fourth-order valence-corrected chi connectivity index (χ4v) is 4.80. The summed E-state index contributed by atoms with van der Waals surface area (Å²) in [6.45, 7) is 7.13. The highest BCUT2D eigenvalue weighted by atomic mass is 79.9. The van der Waals surface area contributed by atoms with Gasteiger partial charge in [-0.15, -0.1) is 11.3 Å². The summed E-state index contributed by atoms with van der Waals surface area (Å²) in [6, 6.07) is 2.55. The molecule has 1 nitrogen and oxygen atoms in total. The highest BCUT2D eigenvalue weighted by Gasteiger charge is 2.31. The summed E-state index contributed by atoms with van der Waals surface area (Å²) in [4.78, 5) is 1.41. The van der Waals surface area contributed by atoms with E-state index in [1.165, 1.54) is 35.0 Å². The van der Waals surface area contributed by atoms with Gasteiger partial charge in [0.15, 0.2) is 0 Å². The first-order valence-electron chi connectivity index (χ1n) is 7.34. The highest BCUT2D eigenvalue weighted by Crippen LogP contribution is 2.40. The summed E-state index contributed by atoms with van der Waals surface area (Å²) in [5.41, 5.74) is 6.90. The van der Waals surface area contributed by atoms with Crippen LogP contribution in [0.1, 0.15) is 51.3 Å². The third kappa shape index (κ3) is 4.30. The van der Waals surface area contributed by atoms with E-state index in [1.54, 1.807) is 0 Å². The molecule has 1 heterocycles. The second-order valence-electron chi connectivity index (χ2n) is 7.08. The van der Waals surface area contributed by atoms with Crippen molar-refractivity contribution < 1.29 is 0 Å². The minimum Gasteiger partial charge on any atom is -0.327 e. The lowest BCUT2D eigenvalue weighted by Crippen LogP contribution is -2.36. The maximum absolute atomic E-state index is 6.44. The molecule has 1 unspecified atom stereocenters. The van der Waals surface area contributed by atoms with E-state index in [1.807, 2.05) is 11.3 Å². The molecule has 0 aromatic carbocycles. The van der Waals surface area contributed by atoms with Gasteiger partial charge in [0.05, 0.1) is 0 Å². The molecular formula is C16H26BrNS. The van der Waals surface area contributed by atoms with Gasteiger partial charge in [0.2, 0.25) is 0 Å². The summed E-state index contributed by atoms with van der Waals surface area (Å²) in [7, 11) is 0. The van der Waals surface area contributed by atoms with Crippen molar-refractivity contribution in [2.24, 2.45) is 23.0 Å². The Morgan fingerprint density at radius 2 is 1.95 bits per heavy atom.